The van der Waals surface area contributed by atoms with Crippen molar-refractivity contribution in [2.75, 3.05) is 14.2 Å². The van der Waals surface area contributed by atoms with Crippen molar-refractivity contribution < 1.29 is 13.7 Å². The van der Waals surface area contributed by atoms with Crippen molar-refractivity contribution >= 4 is 21.8 Å². The number of fused-ring (bicyclic) bond motifs is 1. The molecule has 0 bridgehead atoms. The molecule has 0 amide bonds. The predicted molar refractivity (Wildman–Crippen MR) is 112 cm³/mol. The molecule has 29 heavy (non-hydrogen) atoms. The summed E-state index contributed by atoms with van der Waals surface area (Å²) in [6, 6.07) is 7.25. The van der Waals surface area contributed by atoms with Crippen molar-refractivity contribution in [1.29, 1.82) is 5.26 Å². The van der Waals surface area contributed by atoms with Crippen molar-refractivity contribution in [2.24, 2.45) is 0 Å². The molecule has 0 aliphatic heterocycles. The number of pyridine rings is 1. The Morgan fingerprint density at radius 2 is 2.03 bits per heavy atom. The summed E-state index contributed by atoms with van der Waals surface area (Å²) in [4.78, 5) is 9.04. The molecule has 0 radical (unpaired) electrons. The monoisotopic (exact) mass is 412 g/mol. The van der Waals surface area contributed by atoms with Gasteiger partial charge in [-0.15, -0.1) is 0 Å². The summed E-state index contributed by atoms with van der Waals surface area (Å²) in [7, 11) is 1.70. The Morgan fingerprint density at radius 3 is 2.66 bits per heavy atom. The van der Waals surface area contributed by atoms with Crippen molar-refractivity contribution in [3.8, 4) is 17.6 Å². The first kappa shape index (κ1) is 20.8. The fourth-order valence-corrected chi connectivity index (χ4v) is 4.69. The Labute approximate surface area is 172 Å². The van der Waals surface area contributed by atoms with E-state index in [1.165, 1.54) is 0 Å². The Bertz CT molecular complexity index is 1120. The molecule has 0 saturated heterocycles. The van der Waals surface area contributed by atoms with Crippen molar-refractivity contribution in [3.63, 3.8) is 0 Å². The molecule has 2 atom stereocenters. The molecule has 2 heterocycles. The fourth-order valence-electron chi connectivity index (χ4n) is 3.38. The highest BCUT2D eigenvalue weighted by Gasteiger charge is 2.23. The smallest absolute Gasteiger partial charge is 0.201 e. The van der Waals surface area contributed by atoms with Crippen LogP contribution in [0.4, 0.5) is 0 Å². The topological polar surface area (TPSA) is 90.0 Å². The molecule has 0 aliphatic carbocycles. The number of hydrogen-bond donors (Lipinski definition) is 0. The summed E-state index contributed by atoms with van der Waals surface area (Å²) in [5, 5.41) is 10.0. The van der Waals surface area contributed by atoms with Crippen LogP contribution in [0.15, 0.2) is 29.6 Å². The van der Waals surface area contributed by atoms with Crippen molar-refractivity contribution in [3.05, 3.63) is 41.2 Å². The SMILES string of the molecule is CCC(C#N)n1c(S(=O)Cc2ncc(C)c(OC)c2C)nc2ccc(OC)cc21. The maximum absolute atomic E-state index is 13.3. The minimum absolute atomic E-state index is 0.185. The Balaban J connectivity index is 2.10. The van der Waals surface area contributed by atoms with Gasteiger partial charge in [-0.3, -0.25) is 9.19 Å². The third-order valence-electron chi connectivity index (χ3n) is 4.93. The fraction of sp³-hybridized carbons (Fsp3) is 0.381. The highest BCUT2D eigenvalue weighted by Crippen LogP contribution is 2.30. The second-order valence-corrected chi connectivity index (χ2v) is 8.05. The van der Waals surface area contributed by atoms with Gasteiger partial charge in [0.05, 0.1) is 53.6 Å². The number of nitriles is 1. The number of methoxy groups -OCH3 is 2. The van der Waals surface area contributed by atoms with E-state index in [0.29, 0.717) is 28.5 Å². The van der Waals surface area contributed by atoms with Gasteiger partial charge in [-0.05, 0) is 32.4 Å². The van der Waals surface area contributed by atoms with Crippen LogP contribution in [0.3, 0.4) is 0 Å². The number of benzene rings is 1. The van der Waals surface area contributed by atoms with E-state index >= 15 is 0 Å². The van der Waals surface area contributed by atoms with Gasteiger partial charge in [-0.2, -0.15) is 5.26 Å². The van der Waals surface area contributed by atoms with Gasteiger partial charge in [-0.25, -0.2) is 4.98 Å². The van der Waals surface area contributed by atoms with Crippen molar-refractivity contribution in [2.45, 2.75) is 44.1 Å². The van der Waals surface area contributed by atoms with Gasteiger partial charge in [0.25, 0.3) is 0 Å². The summed E-state index contributed by atoms with van der Waals surface area (Å²) in [5.41, 5.74) is 3.88. The van der Waals surface area contributed by atoms with Crippen LogP contribution >= 0.6 is 0 Å². The van der Waals surface area contributed by atoms with Crippen LogP contribution in [0, 0.1) is 25.2 Å². The van der Waals surface area contributed by atoms with E-state index in [0.717, 1.165) is 22.4 Å². The second kappa shape index (κ2) is 8.62. The van der Waals surface area contributed by atoms with Gasteiger partial charge < -0.3 is 14.0 Å². The highest BCUT2D eigenvalue weighted by molar-refractivity contribution is 7.84. The second-order valence-electron chi connectivity index (χ2n) is 6.71. The van der Waals surface area contributed by atoms with E-state index < -0.39 is 16.8 Å². The molecule has 2 aromatic heterocycles. The van der Waals surface area contributed by atoms with Gasteiger partial charge >= 0.3 is 0 Å². The first-order valence-electron chi connectivity index (χ1n) is 9.28. The molecule has 0 saturated carbocycles. The van der Waals surface area contributed by atoms with Crippen LogP contribution in [-0.2, 0) is 16.6 Å². The third-order valence-corrected chi connectivity index (χ3v) is 6.16. The van der Waals surface area contributed by atoms with Gasteiger partial charge in [0.1, 0.15) is 17.5 Å². The first-order valence-corrected chi connectivity index (χ1v) is 10.6. The molecule has 0 fully saturated rings. The maximum Gasteiger partial charge on any atom is 0.201 e. The lowest BCUT2D eigenvalue weighted by molar-refractivity contribution is 0.407. The van der Waals surface area contributed by atoms with Gasteiger partial charge in [0.15, 0.2) is 0 Å². The van der Waals surface area contributed by atoms with E-state index in [9.17, 15) is 9.47 Å². The van der Waals surface area contributed by atoms with E-state index in [1.54, 1.807) is 31.0 Å². The van der Waals surface area contributed by atoms with E-state index in [1.807, 2.05) is 32.9 Å². The number of aryl methyl sites for hydroxylation is 1. The molecule has 152 valence electrons. The van der Waals surface area contributed by atoms with Crippen LogP contribution in [0.1, 0.15) is 36.2 Å². The molecular weight excluding hydrogens is 388 g/mol. The number of nitrogens with zero attached hydrogens (tertiary/aromatic N) is 4. The maximum atomic E-state index is 13.3. The molecule has 3 aromatic rings. The summed E-state index contributed by atoms with van der Waals surface area (Å²) < 4.78 is 25.9. The Hall–Kier alpha value is -2.92. The summed E-state index contributed by atoms with van der Waals surface area (Å²) in [6.45, 7) is 5.75. The molecule has 0 spiro atoms. The van der Waals surface area contributed by atoms with E-state index in [2.05, 4.69) is 16.0 Å². The number of rotatable bonds is 7. The van der Waals surface area contributed by atoms with Gasteiger partial charge in [0.2, 0.25) is 5.16 Å². The largest absolute Gasteiger partial charge is 0.497 e. The van der Waals surface area contributed by atoms with Crippen LogP contribution in [-0.4, -0.2) is 33.0 Å². The third kappa shape index (κ3) is 3.83. The minimum atomic E-state index is -1.50. The Morgan fingerprint density at radius 1 is 1.28 bits per heavy atom. The molecular formula is C21H24N4O3S. The zero-order chi connectivity index (χ0) is 21.1. The number of imidazole rings is 1. The zero-order valence-corrected chi connectivity index (χ0v) is 18.0. The lowest BCUT2D eigenvalue weighted by Crippen LogP contribution is -2.13. The highest BCUT2D eigenvalue weighted by atomic mass is 32.2. The molecule has 1 aromatic carbocycles. The van der Waals surface area contributed by atoms with Crippen LogP contribution in [0.2, 0.25) is 0 Å². The molecule has 0 N–H and O–H groups in total. The van der Waals surface area contributed by atoms with E-state index in [4.69, 9.17) is 9.47 Å². The van der Waals surface area contributed by atoms with Crippen LogP contribution in [0.25, 0.3) is 11.0 Å². The summed E-state index contributed by atoms with van der Waals surface area (Å²) in [5.74, 6) is 1.59. The normalized spacial score (nSPS) is 13.1. The van der Waals surface area contributed by atoms with Gasteiger partial charge in [-0.1, -0.05) is 6.92 Å². The van der Waals surface area contributed by atoms with Crippen molar-refractivity contribution in [1.82, 2.24) is 14.5 Å². The molecule has 2 unspecified atom stereocenters. The minimum Gasteiger partial charge on any atom is -0.497 e. The molecule has 3 rings (SSSR count). The average Bonchev–Trinajstić information content (AvgIpc) is 3.10. The van der Waals surface area contributed by atoms with Gasteiger partial charge in [0, 0.05) is 23.4 Å². The van der Waals surface area contributed by atoms with E-state index in [-0.39, 0.29) is 5.75 Å². The average molecular weight is 413 g/mol. The zero-order valence-electron chi connectivity index (χ0n) is 17.2. The number of aromatic nitrogens is 3. The van der Waals surface area contributed by atoms with Crippen LogP contribution in [0.5, 0.6) is 11.5 Å². The quantitative estimate of drug-likeness (QED) is 0.585. The molecule has 0 aliphatic rings. The summed E-state index contributed by atoms with van der Waals surface area (Å²) in [6.07, 6.45) is 2.29. The predicted octanol–water partition coefficient (Wildman–Crippen LogP) is 3.85. The number of ether oxygens (including phenoxy) is 2. The number of hydrogen-bond acceptors (Lipinski definition) is 6. The first-order chi connectivity index (χ1) is 13.9. The van der Waals surface area contributed by atoms with Crippen LogP contribution < -0.4 is 9.47 Å². The Kier molecular flexibility index (Phi) is 6.18. The lowest BCUT2D eigenvalue weighted by atomic mass is 10.1. The molecule has 8 heteroatoms. The standard InChI is InChI=1S/C21H24N4O3S/c1-6-15(10-22)25-19-9-16(27-4)7-8-17(19)24-21(25)29(26)12-18-14(3)20(28-5)13(2)11-23-18/h7-9,11,15H,6,12H2,1-5H3. The summed E-state index contributed by atoms with van der Waals surface area (Å²) >= 11 is 0. The molecule has 7 nitrogen and oxygen atoms in total. The lowest BCUT2D eigenvalue weighted by Gasteiger charge is -2.15.